The Balaban J connectivity index is 2.24. The number of nitrogens with two attached hydrogens (primary N) is 1. The molecule has 0 aliphatic heterocycles. The predicted octanol–water partition coefficient (Wildman–Crippen LogP) is 3.18. The molecular weight excluding hydrogens is 234 g/mol. The van der Waals surface area contributed by atoms with Crippen molar-refractivity contribution in [3.05, 3.63) is 59.7 Å². The van der Waals surface area contributed by atoms with Gasteiger partial charge >= 0.3 is 0 Å². The molecular formula is C14H14F2N2. The highest BCUT2D eigenvalue weighted by Gasteiger charge is 2.10. The fourth-order valence-corrected chi connectivity index (χ4v) is 1.82. The van der Waals surface area contributed by atoms with E-state index in [1.807, 2.05) is 0 Å². The molecule has 0 spiro atoms. The summed E-state index contributed by atoms with van der Waals surface area (Å²) in [4.78, 5) is 1.69. The quantitative estimate of drug-likeness (QED) is 0.845. The average molecular weight is 248 g/mol. The molecule has 2 aromatic carbocycles. The standard InChI is InChI=1S/C14H14F2N2/c1-18(13-8-3-2-6-11(13)15)9-10-5-4-7-12(16)14(10)17/h2-8H,9,17H2,1H3. The minimum Gasteiger partial charge on any atom is -0.396 e. The first-order valence-corrected chi connectivity index (χ1v) is 5.58. The zero-order valence-electron chi connectivity index (χ0n) is 10.0. The lowest BCUT2D eigenvalue weighted by molar-refractivity contribution is 0.620. The van der Waals surface area contributed by atoms with Gasteiger partial charge in [-0.1, -0.05) is 24.3 Å². The number of nitrogens with zero attached hydrogens (tertiary/aromatic N) is 1. The lowest BCUT2D eigenvalue weighted by Gasteiger charge is -2.20. The lowest BCUT2D eigenvalue weighted by atomic mass is 10.1. The summed E-state index contributed by atoms with van der Waals surface area (Å²) in [7, 11) is 1.74. The highest BCUT2D eigenvalue weighted by Crippen LogP contribution is 2.22. The van der Waals surface area contributed by atoms with Crippen molar-refractivity contribution in [3.8, 4) is 0 Å². The molecule has 2 N–H and O–H groups in total. The van der Waals surface area contributed by atoms with Crippen molar-refractivity contribution in [1.29, 1.82) is 0 Å². The first-order valence-electron chi connectivity index (χ1n) is 5.58. The predicted molar refractivity (Wildman–Crippen MR) is 69.3 cm³/mol. The number of halogens is 2. The number of anilines is 2. The summed E-state index contributed by atoms with van der Waals surface area (Å²) in [5.74, 6) is -0.760. The third-order valence-corrected chi connectivity index (χ3v) is 2.81. The number of benzene rings is 2. The van der Waals surface area contributed by atoms with Crippen LogP contribution in [0.4, 0.5) is 20.2 Å². The Bertz CT molecular complexity index is 555. The van der Waals surface area contributed by atoms with E-state index in [0.717, 1.165) is 0 Å². The van der Waals surface area contributed by atoms with Gasteiger partial charge in [0.2, 0.25) is 0 Å². The van der Waals surface area contributed by atoms with Crippen LogP contribution in [0.1, 0.15) is 5.56 Å². The van der Waals surface area contributed by atoms with Crippen molar-refractivity contribution < 1.29 is 8.78 Å². The third kappa shape index (κ3) is 2.42. The van der Waals surface area contributed by atoms with Crippen molar-refractivity contribution >= 4 is 11.4 Å². The number of hydrogen-bond acceptors (Lipinski definition) is 2. The van der Waals surface area contributed by atoms with Gasteiger partial charge in [-0.3, -0.25) is 0 Å². The molecule has 94 valence electrons. The second kappa shape index (κ2) is 5.04. The maximum absolute atomic E-state index is 13.6. The summed E-state index contributed by atoms with van der Waals surface area (Å²) < 4.78 is 26.9. The largest absolute Gasteiger partial charge is 0.396 e. The van der Waals surface area contributed by atoms with Gasteiger partial charge < -0.3 is 10.6 Å². The maximum Gasteiger partial charge on any atom is 0.146 e. The Morgan fingerprint density at radius 1 is 1.00 bits per heavy atom. The molecule has 2 nitrogen and oxygen atoms in total. The van der Waals surface area contributed by atoms with Gasteiger partial charge in [0.05, 0.1) is 11.4 Å². The molecule has 0 saturated heterocycles. The highest BCUT2D eigenvalue weighted by atomic mass is 19.1. The van der Waals surface area contributed by atoms with Crippen LogP contribution in [0.25, 0.3) is 0 Å². The van der Waals surface area contributed by atoms with Gasteiger partial charge in [0.1, 0.15) is 11.6 Å². The van der Waals surface area contributed by atoms with E-state index in [-0.39, 0.29) is 11.5 Å². The Morgan fingerprint density at radius 2 is 1.67 bits per heavy atom. The molecule has 18 heavy (non-hydrogen) atoms. The second-order valence-corrected chi connectivity index (χ2v) is 4.12. The molecule has 0 saturated carbocycles. The summed E-state index contributed by atoms with van der Waals surface area (Å²) in [5, 5.41) is 0. The van der Waals surface area contributed by atoms with E-state index in [4.69, 9.17) is 5.73 Å². The number of hydrogen-bond donors (Lipinski definition) is 1. The van der Waals surface area contributed by atoms with Crippen LogP contribution in [0.2, 0.25) is 0 Å². The number of rotatable bonds is 3. The average Bonchev–Trinajstić information content (AvgIpc) is 2.35. The van der Waals surface area contributed by atoms with Crippen LogP contribution in [0.5, 0.6) is 0 Å². The number of nitrogen functional groups attached to an aromatic ring is 1. The smallest absolute Gasteiger partial charge is 0.146 e. The molecule has 0 aromatic heterocycles. The van der Waals surface area contributed by atoms with Gasteiger partial charge in [0.15, 0.2) is 0 Å². The van der Waals surface area contributed by atoms with E-state index < -0.39 is 5.82 Å². The van der Waals surface area contributed by atoms with Crippen LogP contribution in [0.15, 0.2) is 42.5 Å². The van der Waals surface area contributed by atoms with E-state index >= 15 is 0 Å². The topological polar surface area (TPSA) is 29.3 Å². The van der Waals surface area contributed by atoms with Crippen molar-refractivity contribution in [1.82, 2.24) is 0 Å². The van der Waals surface area contributed by atoms with Gasteiger partial charge in [-0.05, 0) is 23.8 Å². The summed E-state index contributed by atoms with van der Waals surface area (Å²) in [6.45, 7) is 0.352. The fourth-order valence-electron chi connectivity index (χ4n) is 1.82. The minimum absolute atomic E-state index is 0.112. The summed E-state index contributed by atoms with van der Waals surface area (Å²) >= 11 is 0. The van der Waals surface area contributed by atoms with Gasteiger partial charge in [0.25, 0.3) is 0 Å². The van der Waals surface area contributed by atoms with Crippen LogP contribution < -0.4 is 10.6 Å². The first kappa shape index (κ1) is 12.4. The van der Waals surface area contributed by atoms with Crippen LogP contribution >= 0.6 is 0 Å². The molecule has 0 aliphatic carbocycles. The molecule has 0 aliphatic rings. The Kier molecular flexibility index (Phi) is 3.46. The van der Waals surface area contributed by atoms with E-state index in [1.54, 1.807) is 42.3 Å². The summed E-state index contributed by atoms with van der Waals surface area (Å²) in [6, 6.07) is 11.1. The van der Waals surface area contributed by atoms with E-state index in [2.05, 4.69) is 0 Å². The van der Waals surface area contributed by atoms with Gasteiger partial charge in [-0.2, -0.15) is 0 Å². The van der Waals surface area contributed by atoms with Gasteiger partial charge in [-0.25, -0.2) is 8.78 Å². The Hall–Kier alpha value is -2.10. The molecule has 0 bridgehead atoms. The van der Waals surface area contributed by atoms with Crippen LogP contribution in [-0.2, 0) is 6.54 Å². The lowest BCUT2D eigenvalue weighted by Crippen LogP contribution is -2.18. The second-order valence-electron chi connectivity index (χ2n) is 4.12. The third-order valence-electron chi connectivity index (χ3n) is 2.81. The maximum atomic E-state index is 13.6. The molecule has 0 heterocycles. The normalized spacial score (nSPS) is 10.4. The molecule has 0 fully saturated rings. The van der Waals surface area contributed by atoms with Crippen LogP contribution in [0.3, 0.4) is 0 Å². The molecule has 0 amide bonds. The minimum atomic E-state index is -0.450. The molecule has 0 unspecified atom stereocenters. The molecule has 4 heteroatoms. The SMILES string of the molecule is CN(Cc1cccc(F)c1N)c1ccccc1F. The van der Waals surface area contributed by atoms with Crippen molar-refractivity contribution in [2.45, 2.75) is 6.54 Å². The highest BCUT2D eigenvalue weighted by molar-refractivity contribution is 5.52. The fraction of sp³-hybridized carbons (Fsp3) is 0.143. The monoisotopic (exact) mass is 248 g/mol. The van der Waals surface area contributed by atoms with Crippen molar-refractivity contribution in [2.75, 3.05) is 17.7 Å². The first-order chi connectivity index (χ1) is 8.59. The van der Waals surface area contributed by atoms with Crippen molar-refractivity contribution in [2.24, 2.45) is 0 Å². The van der Waals surface area contributed by atoms with Crippen LogP contribution in [0, 0.1) is 11.6 Å². The summed E-state index contributed by atoms with van der Waals surface area (Å²) in [5.41, 5.74) is 6.86. The van der Waals surface area contributed by atoms with E-state index in [0.29, 0.717) is 17.8 Å². The number of para-hydroxylation sites is 2. The van der Waals surface area contributed by atoms with E-state index in [1.165, 1.54) is 12.1 Å². The van der Waals surface area contributed by atoms with Gasteiger partial charge in [-0.15, -0.1) is 0 Å². The molecule has 2 aromatic rings. The molecule has 0 radical (unpaired) electrons. The van der Waals surface area contributed by atoms with E-state index in [9.17, 15) is 8.78 Å². The molecule has 2 rings (SSSR count). The molecule has 0 atom stereocenters. The van der Waals surface area contributed by atoms with Crippen LogP contribution in [-0.4, -0.2) is 7.05 Å². The Labute approximate surface area is 105 Å². The zero-order valence-corrected chi connectivity index (χ0v) is 10.0. The zero-order chi connectivity index (χ0) is 13.1. The van der Waals surface area contributed by atoms with Crippen molar-refractivity contribution in [3.63, 3.8) is 0 Å². The Morgan fingerprint density at radius 3 is 2.39 bits per heavy atom. The summed E-state index contributed by atoms with van der Waals surface area (Å²) in [6.07, 6.45) is 0. The van der Waals surface area contributed by atoms with Gasteiger partial charge in [0, 0.05) is 13.6 Å².